The Kier molecular flexibility index (Phi) is 8.16. The molecule has 1 heterocycles. The third-order valence-corrected chi connectivity index (χ3v) is 5.35. The summed E-state index contributed by atoms with van der Waals surface area (Å²) in [5.74, 6) is -2.70. The lowest BCUT2D eigenvalue weighted by molar-refractivity contribution is -0.0849. The van der Waals surface area contributed by atoms with Crippen molar-refractivity contribution in [3.05, 3.63) is 53.3 Å². The topological polar surface area (TPSA) is 27.7 Å². The Morgan fingerprint density at radius 1 is 1.00 bits per heavy atom. The number of benzene rings is 2. The van der Waals surface area contributed by atoms with Gasteiger partial charge in [-0.2, -0.15) is 4.39 Å². The van der Waals surface area contributed by atoms with Crippen LogP contribution < -0.4 is 4.74 Å². The van der Waals surface area contributed by atoms with Crippen LogP contribution in [0.5, 0.6) is 5.75 Å². The van der Waals surface area contributed by atoms with E-state index >= 15 is 0 Å². The molecule has 2 atom stereocenters. The Hall–Kier alpha value is -2.05. The summed E-state index contributed by atoms with van der Waals surface area (Å²) in [7, 11) is 0. The Bertz CT molecular complexity index is 833. The minimum Gasteiger partial charge on any atom is -0.490 e. The van der Waals surface area contributed by atoms with Crippen LogP contribution in [-0.2, 0) is 9.47 Å². The molecule has 2 unspecified atom stereocenters. The number of ether oxygens (including phenoxy) is 3. The van der Waals surface area contributed by atoms with Gasteiger partial charge in [-0.05, 0) is 49.9 Å². The van der Waals surface area contributed by atoms with E-state index in [1.54, 1.807) is 12.1 Å². The molecule has 3 nitrogen and oxygen atoms in total. The minimum atomic E-state index is -1.05. The Morgan fingerprint density at radius 2 is 1.83 bits per heavy atom. The molecule has 0 saturated carbocycles. The zero-order chi connectivity index (χ0) is 21.5. The number of hydrogen-bond donors (Lipinski definition) is 0. The maximum absolute atomic E-state index is 14.8. The van der Waals surface area contributed by atoms with Crippen molar-refractivity contribution in [2.75, 3.05) is 19.8 Å². The summed E-state index contributed by atoms with van der Waals surface area (Å²) in [5.41, 5.74) is 0.693. The molecule has 2 aromatic carbocycles. The predicted molar refractivity (Wildman–Crippen MR) is 110 cm³/mol. The lowest BCUT2D eigenvalue weighted by atomic mass is 9.96. The first-order valence-electron chi connectivity index (χ1n) is 10.7. The van der Waals surface area contributed by atoms with Gasteiger partial charge >= 0.3 is 0 Å². The SMILES string of the molecule is CCCCCOc1ccc(-c2ccc(C3CCC(OCC)CO3)c(F)c2)c(F)c1F. The van der Waals surface area contributed by atoms with E-state index in [0.717, 1.165) is 25.7 Å². The van der Waals surface area contributed by atoms with Gasteiger partial charge in [-0.1, -0.05) is 31.9 Å². The van der Waals surface area contributed by atoms with Crippen molar-refractivity contribution in [3.63, 3.8) is 0 Å². The van der Waals surface area contributed by atoms with Crippen molar-refractivity contribution in [2.45, 2.75) is 58.2 Å². The quantitative estimate of drug-likeness (QED) is 0.426. The first-order valence-corrected chi connectivity index (χ1v) is 10.7. The smallest absolute Gasteiger partial charge is 0.201 e. The van der Waals surface area contributed by atoms with E-state index in [1.807, 2.05) is 6.92 Å². The first-order chi connectivity index (χ1) is 14.5. The molecule has 0 aromatic heterocycles. The second-order valence-electron chi connectivity index (χ2n) is 7.51. The molecule has 0 aliphatic carbocycles. The normalized spacial score (nSPS) is 19.1. The average molecular weight is 422 g/mol. The van der Waals surface area contributed by atoms with Crippen molar-refractivity contribution in [1.29, 1.82) is 0 Å². The van der Waals surface area contributed by atoms with E-state index in [9.17, 15) is 13.2 Å². The van der Waals surface area contributed by atoms with Gasteiger partial charge in [0.15, 0.2) is 11.6 Å². The third kappa shape index (κ3) is 5.35. The molecule has 0 bridgehead atoms. The van der Waals surface area contributed by atoms with Crippen molar-refractivity contribution in [3.8, 4) is 16.9 Å². The molecular formula is C24H29F3O3. The lowest BCUT2D eigenvalue weighted by Gasteiger charge is -2.29. The number of rotatable bonds is 9. The Balaban J connectivity index is 1.72. The maximum Gasteiger partial charge on any atom is 0.201 e. The molecule has 30 heavy (non-hydrogen) atoms. The van der Waals surface area contributed by atoms with E-state index in [0.29, 0.717) is 31.8 Å². The van der Waals surface area contributed by atoms with E-state index in [2.05, 4.69) is 6.92 Å². The molecule has 0 spiro atoms. The Labute approximate surface area is 176 Å². The maximum atomic E-state index is 14.8. The van der Waals surface area contributed by atoms with Gasteiger partial charge in [0.05, 0.1) is 25.4 Å². The van der Waals surface area contributed by atoms with Gasteiger partial charge in [-0.3, -0.25) is 0 Å². The zero-order valence-electron chi connectivity index (χ0n) is 17.6. The lowest BCUT2D eigenvalue weighted by Crippen LogP contribution is -2.27. The molecule has 1 fully saturated rings. The van der Waals surface area contributed by atoms with Gasteiger partial charge in [0, 0.05) is 17.7 Å². The van der Waals surface area contributed by atoms with Crippen molar-refractivity contribution < 1.29 is 27.4 Å². The fourth-order valence-corrected chi connectivity index (χ4v) is 3.70. The van der Waals surface area contributed by atoms with E-state index in [-0.39, 0.29) is 29.1 Å². The summed E-state index contributed by atoms with van der Waals surface area (Å²) in [4.78, 5) is 0. The largest absolute Gasteiger partial charge is 0.490 e. The highest BCUT2D eigenvalue weighted by Gasteiger charge is 2.26. The fraction of sp³-hybridized carbons (Fsp3) is 0.500. The highest BCUT2D eigenvalue weighted by atomic mass is 19.2. The fourth-order valence-electron chi connectivity index (χ4n) is 3.70. The molecule has 0 N–H and O–H groups in total. The summed E-state index contributed by atoms with van der Waals surface area (Å²) in [5, 5.41) is 0. The van der Waals surface area contributed by atoms with Crippen LogP contribution in [0.3, 0.4) is 0 Å². The number of halogens is 3. The number of unbranched alkanes of at least 4 members (excludes halogenated alkanes) is 2. The van der Waals surface area contributed by atoms with Crippen LogP contribution in [0.15, 0.2) is 30.3 Å². The van der Waals surface area contributed by atoms with Crippen molar-refractivity contribution >= 4 is 0 Å². The molecule has 0 radical (unpaired) electrons. The summed E-state index contributed by atoms with van der Waals surface area (Å²) in [6.45, 7) is 5.35. The van der Waals surface area contributed by atoms with Crippen LogP contribution in [0.4, 0.5) is 13.2 Å². The van der Waals surface area contributed by atoms with Gasteiger partial charge in [0.2, 0.25) is 5.82 Å². The van der Waals surface area contributed by atoms with E-state index < -0.39 is 17.5 Å². The minimum absolute atomic E-state index is 0.000157. The summed E-state index contributed by atoms with van der Waals surface area (Å²) < 4.78 is 60.4. The molecule has 164 valence electrons. The van der Waals surface area contributed by atoms with Gasteiger partial charge in [-0.25, -0.2) is 8.78 Å². The van der Waals surface area contributed by atoms with Crippen molar-refractivity contribution in [2.24, 2.45) is 0 Å². The van der Waals surface area contributed by atoms with Crippen LogP contribution >= 0.6 is 0 Å². The summed E-state index contributed by atoms with van der Waals surface area (Å²) in [6.07, 6.45) is 3.86. The molecule has 3 rings (SSSR count). The van der Waals surface area contributed by atoms with Crippen LogP contribution in [-0.4, -0.2) is 25.9 Å². The highest BCUT2D eigenvalue weighted by Crippen LogP contribution is 2.35. The molecule has 2 aromatic rings. The standard InChI is InChI=1S/C24H29F3O3/c1-3-5-6-13-29-22-12-10-18(23(26)24(22)27)16-7-9-19(20(25)14-16)21-11-8-17(15-30-21)28-4-2/h7,9-10,12,14,17,21H,3-6,8,11,13,15H2,1-2H3. The first kappa shape index (κ1) is 22.6. The van der Waals surface area contributed by atoms with Crippen molar-refractivity contribution in [1.82, 2.24) is 0 Å². The highest BCUT2D eigenvalue weighted by molar-refractivity contribution is 5.66. The molecule has 1 aliphatic rings. The van der Waals surface area contributed by atoms with Gasteiger partial charge in [0.1, 0.15) is 5.82 Å². The molecule has 1 saturated heterocycles. The average Bonchev–Trinajstić information content (AvgIpc) is 2.75. The number of hydrogen-bond acceptors (Lipinski definition) is 3. The van der Waals surface area contributed by atoms with Crippen LogP contribution in [0, 0.1) is 17.5 Å². The van der Waals surface area contributed by atoms with Crippen LogP contribution in [0.25, 0.3) is 11.1 Å². The Morgan fingerprint density at radius 3 is 2.50 bits per heavy atom. The van der Waals surface area contributed by atoms with Gasteiger partial charge < -0.3 is 14.2 Å². The van der Waals surface area contributed by atoms with E-state index in [4.69, 9.17) is 14.2 Å². The third-order valence-electron chi connectivity index (χ3n) is 5.35. The molecule has 6 heteroatoms. The molecular weight excluding hydrogens is 393 g/mol. The monoisotopic (exact) mass is 422 g/mol. The summed E-state index contributed by atoms with van der Waals surface area (Å²) >= 11 is 0. The molecule has 1 aliphatic heterocycles. The van der Waals surface area contributed by atoms with Crippen LogP contribution in [0.2, 0.25) is 0 Å². The second-order valence-corrected chi connectivity index (χ2v) is 7.51. The van der Waals surface area contributed by atoms with E-state index in [1.165, 1.54) is 18.2 Å². The zero-order valence-corrected chi connectivity index (χ0v) is 17.6. The predicted octanol–water partition coefficient (Wildman–Crippen LogP) is 6.60. The van der Waals surface area contributed by atoms with Gasteiger partial charge in [0.25, 0.3) is 0 Å². The second kappa shape index (κ2) is 10.8. The molecule has 0 amide bonds. The summed E-state index contributed by atoms with van der Waals surface area (Å²) in [6, 6.07) is 7.22. The van der Waals surface area contributed by atoms with Crippen LogP contribution in [0.1, 0.15) is 57.6 Å². The van der Waals surface area contributed by atoms with Gasteiger partial charge in [-0.15, -0.1) is 0 Å².